The Hall–Kier alpha value is -1.13. The summed E-state index contributed by atoms with van der Waals surface area (Å²) in [6.45, 7) is 0.671. The van der Waals surface area contributed by atoms with Gasteiger partial charge in [0.15, 0.2) is 0 Å². The minimum atomic E-state index is -0.112. The predicted octanol–water partition coefficient (Wildman–Crippen LogP) is 1.04. The van der Waals surface area contributed by atoms with E-state index in [1.54, 1.807) is 12.3 Å². The molecule has 1 aromatic rings. The summed E-state index contributed by atoms with van der Waals surface area (Å²) in [6.07, 6.45) is 2.43. The van der Waals surface area contributed by atoms with Gasteiger partial charge in [0.25, 0.3) is 0 Å². The summed E-state index contributed by atoms with van der Waals surface area (Å²) in [6, 6.07) is 3.62. The Labute approximate surface area is 93.6 Å². The van der Waals surface area contributed by atoms with Crippen LogP contribution in [0.1, 0.15) is 5.56 Å². The largest absolute Gasteiger partial charge is 0.375 e. The summed E-state index contributed by atoms with van der Waals surface area (Å²) >= 11 is 5.64. The van der Waals surface area contributed by atoms with Crippen molar-refractivity contribution in [3.8, 4) is 0 Å². The second-order valence-electron chi connectivity index (χ2n) is 3.02. The number of rotatable bonds is 5. The van der Waals surface area contributed by atoms with Gasteiger partial charge in [0.05, 0.1) is 0 Å². The van der Waals surface area contributed by atoms with E-state index in [4.69, 9.17) is 11.6 Å². The second kappa shape index (κ2) is 6.37. The van der Waals surface area contributed by atoms with Gasteiger partial charge in [-0.05, 0) is 18.1 Å². The van der Waals surface area contributed by atoms with Crippen LogP contribution in [0, 0.1) is 0 Å². The number of pyridine rings is 1. The minimum absolute atomic E-state index is 0.0961. The summed E-state index contributed by atoms with van der Waals surface area (Å²) < 4.78 is 4.68. The van der Waals surface area contributed by atoms with Crippen LogP contribution >= 0.6 is 11.6 Å². The van der Waals surface area contributed by atoms with Crippen LogP contribution < -0.4 is 5.32 Å². The molecular weight excluding hydrogens is 216 g/mol. The van der Waals surface area contributed by atoms with E-state index in [9.17, 15) is 4.79 Å². The van der Waals surface area contributed by atoms with E-state index in [2.05, 4.69) is 15.0 Å². The van der Waals surface area contributed by atoms with Crippen molar-refractivity contribution in [2.45, 2.75) is 6.42 Å². The second-order valence-corrected chi connectivity index (χ2v) is 3.41. The number of aromatic nitrogens is 1. The number of methoxy groups -OCH3 is 1. The highest BCUT2D eigenvalue weighted by Gasteiger charge is 1.99. The fourth-order valence-electron chi connectivity index (χ4n) is 1.08. The Morgan fingerprint density at radius 3 is 3.00 bits per heavy atom. The van der Waals surface area contributed by atoms with Crippen molar-refractivity contribution in [2.24, 2.45) is 0 Å². The molecule has 15 heavy (non-hydrogen) atoms. The number of nitrogens with one attached hydrogen (secondary N) is 1. The van der Waals surface area contributed by atoms with E-state index in [1.807, 2.05) is 6.07 Å². The van der Waals surface area contributed by atoms with Crippen molar-refractivity contribution >= 4 is 17.5 Å². The van der Waals surface area contributed by atoms with Crippen LogP contribution in [0.3, 0.4) is 0 Å². The lowest BCUT2D eigenvalue weighted by molar-refractivity contribution is -0.124. The SMILES string of the molecule is COCC(=O)NCCc1ccc(Cl)nc1. The lowest BCUT2D eigenvalue weighted by Gasteiger charge is -2.04. The summed E-state index contributed by atoms with van der Waals surface area (Å²) in [5.41, 5.74) is 1.04. The molecule has 0 bridgehead atoms. The molecule has 0 radical (unpaired) electrons. The zero-order valence-corrected chi connectivity index (χ0v) is 9.25. The van der Waals surface area contributed by atoms with Crippen LogP contribution in [0.2, 0.25) is 5.15 Å². The first-order valence-corrected chi connectivity index (χ1v) is 4.96. The molecule has 1 aromatic heterocycles. The van der Waals surface area contributed by atoms with Crippen molar-refractivity contribution in [2.75, 3.05) is 20.3 Å². The topological polar surface area (TPSA) is 51.2 Å². The molecule has 5 heteroatoms. The van der Waals surface area contributed by atoms with Crippen molar-refractivity contribution in [1.82, 2.24) is 10.3 Å². The van der Waals surface area contributed by atoms with Crippen molar-refractivity contribution in [3.63, 3.8) is 0 Å². The number of ether oxygens (including phenoxy) is 1. The number of carbonyl (C=O) groups excluding carboxylic acids is 1. The van der Waals surface area contributed by atoms with Crippen molar-refractivity contribution in [3.05, 3.63) is 29.0 Å². The maximum absolute atomic E-state index is 11.0. The number of halogens is 1. The van der Waals surface area contributed by atoms with Gasteiger partial charge in [-0.25, -0.2) is 4.98 Å². The smallest absolute Gasteiger partial charge is 0.245 e. The molecule has 0 unspecified atom stereocenters. The van der Waals surface area contributed by atoms with E-state index >= 15 is 0 Å². The molecule has 1 rings (SSSR count). The molecule has 0 saturated heterocycles. The standard InChI is InChI=1S/C10H13ClN2O2/c1-15-7-10(14)12-5-4-8-2-3-9(11)13-6-8/h2-3,6H,4-5,7H2,1H3,(H,12,14). The lowest BCUT2D eigenvalue weighted by Crippen LogP contribution is -2.28. The molecule has 0 spiro atoms. The molecule has 4 nitrogen and oxygen atoms in total. The van der Waals surface area contributed by atoms with Gasteiger partial charge < -0.3 is 10.1 Å². The lowest BCUT2D eigenvalue weighted by atomic mass is 10.2. The van der Waals surface area contributed by atoms with E-state index in [0.717, 1.165) is 12.0 Å². The first-order chi connectivity index (χ1) is 7.22. The Bertz CT molecular complexity index is 314. The summed E-state index contributed by atoms with van der Waals surface area (Å²) in [7, 11) is 1.49. The molecule has 0 aliphatic rings. The van der Waals surface area contributed by atoms with Gasteiger partial charge in [-0.1, -0.05) is 17.7 Å². The molecule has 1 amide bonds. The molecule has 82 valence electrons. The van der Waals surface area contributed by atoms with Gasteiger partial charge in [0, 0.05) is 19.9 Å². The molecule has 0 aliphatic heterocycles. The first kappa shape index (κ1) is 11.9. The van der Waals surface area contributed by atoms with Crippen LogP contribution in [-0.4, -0.2) is 31.2 Å². The highest BCUT2D eigenvalue weighted by Crippen LogP contribution is 2.05. The number of carbonyl (C=O) groups is 1. The number of hydrogen-bond donors (Lipinski definition) is 1. The average molecular weight is 229 g/mol. The summed E-state index contributed by atoms with van der Waals surface area (Å²) in [4.78, 5) is 15.0. The van der Waals surface area contributed by atoms with E-state index < -0.39 is 0 Å². The third-order valence-corrected chi connectivity index (χ3v) is 2.02. The highest BCUT2D eigenvalue weighted by molar-refractivity contribution is 6.29. The zero-order valence-electron chi connectivity index (χ0n) is 8.50. The third-order valence-electron chi connectivity index (χ3n) is 1.80. The molecule has 0 fully saturated rings. The Balaban J connectivity index is 2.26. The Kier molecular flexibility index (Phi) is 5.07. The molecule has 1 N–H and O–H groups in total. The van der Waals surface area contributed by atoms with E-state index in [0.29, 0.717) is 11.7 Å². The minimum Gasteiger partial charge on any atom is -0.375 e. The third kappa shape index (κ3) is 4.76. The average Bonchev–Trinajstić information content (AvgIpc) is 2.21. The molecule has 0 saturated carbocycles. The first-order valence-electron chi connectivity index (χ1n) is 4.58. The van der Waals surface area contributed by atoms with Gasteiger partial charge in [0.2, 0.25) is 5.91 Å². The number of nitrogens with zero attached hydrogens (tertiary/aromatic N) is 1. The van der Waals surface area contributed by atoms with Gasteiger partial charge in [-0.2, -0.15) is 0 Å². The molecule has 0 aromatic carbocycles. The monoisotopic (exact) mass is 228 g/mol. The summed E-state index contributed by atoms with van der Waals surface area (Å²) in [5, 5.41) is 3.20. The van der Waals surface area contributed by atoms with E-state index in [-0.39, 0.29) is 12.5 Å². The normalized spacial score (nSPS) is 10.0. The molecular formula is C10H13ClN2O2. The van der Waals surface area contributed by atoms with Gasteiger partial charge in [-0.3, -0.25) is 4.79 Å². The predicted molar refractivity (Wildman–Crippen MR) is 57.8 cm³/mol. The highest BCUT2D eigenvalue weighted by atomic mass is 35.5. The van der Waals surface area contributed by atoms with Gasteiger partial charge >= 0.3 is 0 Å². The van der Waals surface area contributed by atoms with Crippen molar-refractivity contribution < 1.29 is 9.53 Å². The van der Waals surface area contributed by atoms with Crippen LogP contribution in [0.5, 0.6) is 0 Å². The van der Waals surface area contributed by atoms with Crippen molar-refractivity contribution in [1.29, 1.82) is 0 Å². The Morgan fingerprint density at radius 1 is 1.60 bits per heavy atom. The fraction of sp³-hybridized carbons (Fsp3) is 0.400. The van der Waals surface area contributed by atoms with Crippen LogP contribution in [0.15, 0.2) is 18.3 Å². The summed E-state index contributed by atoms with van der Waals surface area (Å²) in [5.74, 6) is -0.112. The number of amides is 1. The molecule has 0 atom stereocenters. The fourth-order valence-corrected chi connectivity index (χ4v) is 1.19. The van der Waals surface area contributed by atoms with Crippen LogP contribution in [-0.2, 0) is 16.0 Å². The van der Waals surface area contributed by atoms with Crippen LogP contribution in [0.25, 0.3) is 0 Å². The maximum atomic E-state index is 11.0. The van der Waals surface area contributed by atoms with Crippen LogP contribution in [0.4, 0.5) is 0 Å². The molecule has 1 heterocycles. The van der Waals surface area contributed by atoms with E-state index in [1.165, 1.54) is 7.11 Å². The molecule has 0 aliphatic carbocycles. The zero-order chi connectivity index (χ0) is 11.1. The maximum Gasteiger partial charge on any atom is 0.245 e. The van der Waals surface area contributed by atoms with Gasteiger partial charge in [0.1, 0.15) is 11.8 Å². The van der Waals surface area contributed by atoms with Gasteiger partial charge in [-0.15, -0.1) is 0 Å². The quantitative estimate of drug-likeness (QED) is 0.767. The number of hydrogen-bond acceptors (Lipinski definition) is 3. The Morgan fingerprint density at radius 2 is 2.40 bits per heavy atom.